The smallest absolute Gasteiger partial charge is 0.191 e. The minimum atomic E-state index is -1.96. The van der Waals surface area contributed by atoms with E-state index in [4.69, 9.17) is 22.5 Å². The number of rotatable bonds is 7. The number of azide groups is 2. The summed E-state index contributed by atoms with van der Waals surface area (Å²) in [7, 11) is 0. The zero-order valence-electron chi connectivity index (χ0n) is 13.5. The molecule has 2 aromatic carbocycles. The first-order valence-corrected chi connectivity index (χ1v) is 7.35. The molecule has 0 aliphatic rings. The van der Waals surface area contributed by atoms with Crippen molar-refractivity contribution in [1.29, 1.82) is 0 Å². The molecule has 0 unspecified atom stereocenters. The molecule has 10 heteroatoms. The number of Topliss-reactive ketones (excluding diaryl/α,β-unsaturated/α-hetero) is 2. The Labute approximate surface area is 147 Å². The second-order valence-corrected chi connectivity index (χ2v) is 5.31. The molecule has 130 valence electrons. The molecule has 0 bridgehead atoms. The van der Waals surface area contributed by atoms with E-state index in [1.165, 1.54) is 48.5 Å². The van der Waals surface area contributed by atoms with E-state index in [2.05, 4.69) is 20.1 Å². The van der Waals surface area contributed by atoms with Gasteiger partial charge in [-0.05, 0) is 11.1 Å². The fraction of sp³-hybridized carbons (Fsp3) is 0.125. The molecule has 2 rings (SSSR count). The summed E-state index contributed by atoms with van der Waals surface area (Å²) in [5.41, 5.74) is 27.5. The number of hydrogen-bond acceptors (Lipinski definition) is 6. The molecule has 0 aliphatic carbocycles. The van der Waals surface area contributed by atoms with Crippen LogP contribution in [0.25, 0.3) is 20.9 Å². The average molecular weight is 350 g/mol. The van der Waals surface area contributed by atoms with E-state index in [0.717, 1.165) is 0 Å². The van der Waals surface area contributed by atoms with Crippen LogP contribution in [0.1, 0.15) is 20.7 Å². The molecular formula is C16H14N8O2. The molecular weight excluding hydrogens is 336 g/mol. The zero-order valence-corrected chi connectivity index (χ0v) is 13.5. The van der Waals surface area contributed by atoms with Crippen molar-refractivity contribution < 1.29 is 9.59 Å². The highest BCUT2D eigenvalue weighted by molar-refractivity contribution is 6.23. The Morgan fingerprint density at radius 2 is 1.19 bits per heavy atom. The molecule has 0 aromatic heterocycles. The summed E-state index contributed by atoms with van der Waals surface area (Å²) >= 11 is 0. The van der Waals surface area contributed by atoms with Gasteiger partial charge in [0.1, 0.15) is 0 Å². The molecule has 0 spiro atoms. The number of nitrogens with zero attached hydrogens (tertiary/aromatic N) is 6. The predicted molar refractivity (Wildman–Crippen MR) is 95.1 cm³/mol. The maximum Gasteiger partial charge on any atom is 0.191 e. The first-order chi connectivity index (χ1) is 12.5. The Morgan fingerprint density at radius 1 is 0.846 bits per heavy atom. The van der Waals surface area contributed by atoms with Crippen LogP contribution in [0.2, 0.25) is 0 Å². The van der Waals surface area contributed by atoms with Gasteiger partial charge >= 0.3 is 0 Å². The van der Waals surface area contributed by atoms with E-state index in [0.29, 0.717) is 11.4 Å². The number of carbonyl (C=O) groups excluding carboxylic acids is 2. The average Bonchev–Trinajstić information content (AvgIpc) is 2.68. The quantitative estimate of drug-likeness (QED) is 0.255. The molecule has 2 aromatic rings. The lowest BCUT2D eigenvalue weighted by molar-refractivity contribution is 0.0775. The second-order valence-electron chi connectivity index (χ2n) is 5.31. The van der Waals surface area contributed by atoms with Crippen LogP contribution in [0.5, 0.6) is 0 Å². The van der Waals surface area contributed by atoms with Crippen molar-refractivity contribution in [3.8, 4) is 0 Å². The van der Waals surface area contributed by atoms with E-state index < -0.39 is 23.7 Å². The molecule has 0 fully saturated rings. The van der Waals surface area contributed by atoms with Crippen LogP contribution < -0.4 is 11.5 Å². The first kappa shape index (κ1) is 18.7. The lowest BCUT2D eigenvalue weighted by Gasteiger charge is -2.25. The number of carbonyl (C=O) groups is 2. The summed E-state index contributed by atoms with van der Waals surface area (Å²) in [5, 5.41) is 6.82. The van der Waals surface area contributed by atoms with Gasteiger partial charge in [-0.1, -0.05) is 58.8 Å². The molecule has 4 N–H and O–H groups in total. The van der Waals surface area contributed by atoms with Gasteiger partial charge in [0.25, 0.3) is 0 Å². The van der Waals surface area contributed by atoms with E-state index in [-0.39, 0.29) is 11.1 Å². The van der Waals surface area contributed by atoms with Gasteiger partial charge < -0.3 is 11.5 Å². The van der Waals surface area contributed by atoms with Crippen LogP contribution in [0.15, 0.2) is 58.8 Å². The van der Waals surface area contributed by atoms with Gasteiger partial charge in [0.15, 0.2) is 17.1 Å². The van der Waals surface area contributed by atoms with Crippen LogP contribution in [0.3, 0.4) is 0 Å². The Kier molecular flexibility index (Phi) is 5.69. The predicted octanol–water partition coefficient (Wildman–Crippen LogP) is 3.29. The first-order valence-electron chi connectivity index (χ1n) is 7.35. The SMILES string of the molecule is [N-]=[N+]=Nc1ccc(C(=O)C(N)(CN)C(=O)c2ccc(N=[N+]=[N-])cc2)cc1. The maximum atomic E-state index is 12.8. The van der Waals surface area contributed by atoms with E-state index in [1.54, 1.807) is 0 Å². The molecule has 0 saturated heterocycles. The van der Waals surface area contributed by atoms with Crippen molar-refractivity contribution in [3.63, 3.8) is 0 Å². The van der Waals surface area contributed by atoms with Crippen LogP contribution >= 0.6 is 0 Å². The Morgan fingerprint density at radius 3 is 1.46 bits per heavy atom. The fourth-order valence-corrected chi connectivity index (χ4v) is 2.27. The van der Waals surface area contributed by atoms with Gasteiger partial charge in [-0.15, -0.1) is 0 Å². The topological polar surface area (TPSA) is 184 Å². The summed E-state index contributed by atoms with van der Waals surface area (Å²) in [6.45, 7) is -0.402. The monoisotopic (exact) mass is 350 g/mol. The van der Waals surface area contributed by atoms with E-state index in [1.807, 2.05) is 0 Å². The molecule has 0 saturated carbocycles. The molecule has 0 aliphatic heterocycles. The number of ketones is 2. The summed E-state index contributed by atoms with van der Waals surface area (Å²) in [5.74, 6) is -1.31. The van der Waals surface area contributed by atoms with Crippen molar-refractivity contribution in [1.82, 2.24) is 0 Å². The summed E-state index contributed by atoms with van der Waals surface area (Å²) in [4.78, 5) is 30.8. The van der Waals surface area contributed by atoms with Gasteiger partial charge in [-0.25, -0.2) is 0 Å². The number of nitrogens with two attached hydrogens (primary N) is 2. The van der Waals surface area contributed by atoms with Gasteiger partial charge in [-0.2, -0.15) is 0 Å². The lowest BCUT2D eigenvalue weighted by atomic mass is 9.83. The molecule has 0 amide bonds. The van der Waals surface area contributed by atoms with Crippen molar-refractivity contribution in [3.05, 3.63) is 80.5 Å². The Hall–Kier alpha value is -3.68. The van der Waals surface area contributed by atoms with E-state index in [9.17, 15) is 9.59 Å². The fourth-order valence-electron chi connectivity index (χ4n) is 2.27. The molecule has 0 atom stereocenters. The third-order valence-electron chi connectivity index (χ3n) is 3.71. The minimum Gasteiger partial charge on any atom is -0.328 e. The largest absolute Gasteiger partial charge is 0.328 e. The van der Waals surface area contributed by atoms with Gasteiger partial charge in [0.2, 0.25) is 0 Å². The third-order valence-corrected chi connectivity index (χ3v) is 3.71. The van der Waals surface area contributed by atoms with Crippen LogP contribution in [0.4, 0.5) is 11.4 Å². The third kappa shape index (κ3) is 3.69. The van der Waals surface area contributed by atoms with Crippen LogP contribution in [-0.4, -0.2) is 23.7 Å². The van der Waals surface area contributed by atoms with Crippen molar-refractivity contribution >= 4 is 22.9 Å². The normalized spacial score (nSPS) is 12.2. The Balaban J connectivity index is 2.35. The lowest BCUT2D eigenvalue weighted by Crippen LogP contribution is -2.60. The zero-order chi connectivity index (χ0) is 19.2. The van der Waals surface area contributed by atoms with Crippen molar-refractivity contribution in [2.75, 3.05) is 6.54 Å². The standard InChI is InChI=1S/C16H14N8O2/c17-9-16(18,14(25)10-1-5-12(6-2-10)21-23-19)15(26)11-3-7-13(8-4-11)22-24-20/h1-8H,9,17-18H2. The highest BCUT2D eigenvalue weighted by Gasteiger charge is 2.41. The highest BCUT2D eigenvalue weighted by Crippen LogP contribution is 2.21. The van der Waals surface area contributed by atoms with E-state index >= 15 is 0 Å². The summed E-state index contributed by atoms with van der Waals surface area (Å²) in [6.07, 6.45) is 0. The van der Waals surface area contributed by atoms with Crippen LogP contribution in [0, 0.1) is 0 Å². The minimum absolute atomic E-state index is 0.161. The molecule has 26 heavy (non-hydrogen) atoms. The molecule has 0 heterocycles. The molecule has 0 radical (unpaired) electrons. The maximum absolute atomic E-state index is 12.8. The van der Waals surface area contributed by atoms with Gasteiger partial charge in [-0.3, -0.25) is 9.59 Å². The summed E-state index contributed by atoms with van der Waals surface area (Å²) in [6, 6.07) is 11.4. The van der Waals surface area contributed by atoms with Crippen molar-refractivity contribution in [2.24, 2.45) is 21.7 Å². The summed E-state index contributed by atoms with van der Waals surface area (Å²) < 4.78 is 0. The second kappa shape index (κ2) is 7.93. The van der Waals surface area contributed by atoms with Gasteiger partial charge in [0, 0.05) is 38.9 Å². The Bertz CT molecular complexity index is 850. The van der Waals surface area contributed by atoms with Crippen LogP contribution in [-0.2, 0) is 0 Å². The number of benzene rings is 2. The number of hydrogen-bond donors (Lipinski definition) is 2. The van der Waals surface area contributed by atoms with Gasteiger partial charge in [0.05, 0.1) is 0 Å². The molecule has 10 nitrogen and oxygen atoms in total. The highest BCUT2D eigenvalue weighted by atomic mass is 16.2. The van der Waals surface area contributed by atoms with Crippen molar-refractivity contribution in [2.45, 2.75) is 5.54 Å².